The van der Waals surface area contributed by atoms with Crippen LogP contribution in [-0.4, -0.2) is 65.6 Å². The fourth-order valence-corrected chi connectivity index (χ4v) is 4.06. The van der Waals surface area contributed by atoms with Gasteiger partial charge in [-0.1, -0.05) is 25.4 Å². The van der Waals surface area contributed by atoms with Gasteiger partial charge >= 0.3 is 0 Å². The Hall–Kier alpha value is -2.93. The molecule has 184 valence electrons. The Balaban J connectivity index is 0.000000588. The number of rotatable bonds is 7. The minimum Gasteiger partial charge on any atom is -0.495 e. The van der Waals surface area contributed by atoms with Gasteiger partial charge in [0.1, 0.15) is 17.1 Å². The quantitative estimate of drug-likeness (QED) is 0.212. The lowest BCUT2D eigenvalue weighted by atomic mass is 9.99. The molecule has 0 radical (unpaired) electrons. The van der Waals surface area contributed by atoms with E-state index in [1.165, 1.54) is 6.07 Å². The lowest BCUT2D eigenvalue weighted by molar-refractivity contribution is -0.383. The molecule has 0 aliphatic carbocycles. The zero-order valence-corrected chi connectivity index (χ0v) is 20.8. The van der Waals surface area contributed by atoms with Crippen LogP contribution in [0.25, 0.3) is 22.2 Å². The molecule has 0 amide bonds. The average Bonchev–Trinajstić information content (AvgIpc) is 3.13. The molecule has 0 fully saturated rings. The molecule has 0 atom stereocenters. The summed E-state index contributed by atoms with van der Waals surface area (Å²) in [6.07, 6.45) is 0.715. The molecule has 2 heterocycles. The highest BCUT2D eigenvalue weighted by Crippen LogP contribution is 2.49. The smallest absolute Gasteiger partial charge is 0.293 e. The summed E-state index contributed by atoms with van der Waals surface area (Å²) in [5, 5.41) is 20.8. The van der Waals surface area contributed by atoms with Gasteiger partial charge in [0, 0.05) is 23.9 Å². The Morgan fingerprint density at radius 3 is 2.50 bits per heavy atom. The average molecular weight is 512 g/mol. The van der Waals surface area contributed by atoms with E-state index in [0.717, 1.165) is 36.1 Å². The minimum atomic E-state index is -3.67. The normalized spacial score (nSPS) is 12.1. The molecule has 34 heavy (non-hydrogen) atoms. The van der Waals surface area contributed by atoms with E-state index >= 15 is 0 Å². The predicted octanol–water partition coefficient (Wildman–Crippen LogP) is 4.18. The maximum Gasteiger partial charge on any atom is 0.293 e. The Morgan fingerprint density at radius 1 is 1.29 bits per heavy atom. The first-order chi connectivity index (χ1) is 16.0. The Labute approximate surface area is 202 Å². The van der Waals surface area contributed by atoms with Gasteiger partial charge < -0.3 is 15.0 Å². The topological polar surface area (TPSA) is 140 Å². The number of nitro benzene ring substituents is 1. The van der Waals surface area contributed by atoms with Crippen molar-refractivity contribution in [2.45, 2.75) is 20.4 Å². The standard InChI is InChI=1S/C20H22ClN5O3.CH4O3S/c1-4-24(5-2)8-9-25-15-6-7-16(26(27)28)20-18(15)19(23-25)12-10-17(29-3)13(21)11-14(12)22-20;1-5(2,3)4/h6-7,10-11,22H,4-5,8-9H2,1-3H3;1H3,(H,2,3,4). The molecule has 0 unspecified atom stereocenters. The minimum absolute atomic E-state index is 0.0135. The Morgan fingerprint density at radius 2 is 1.94 bits per heavy atom. The van der Waals surface area contributed by atoms with Crippen molar-refractivity contribution < 1.29 is 22.6 Å². The number of benzene rings is 2. The number of hydrogen-bond acceptors (Lipinski definition) is 8. The second-order valence-corrected chi connectivity index (χ2v) is 9.47. The van der Waals surface area contributed by atoms with Gasteiger partial charge in [0.05, 0.1) is 40.8 Å². The van der Waals surface area contributed by atoms with Crippen LogP contribution in [0.15, 0.2) is 24.3 Å². The van der Waals surface area contributed by atoms with Crippen LogP contribution in [0.4, 0.5) is 17.1 Å². The number of aromatic nitrogens is 2. The molecule has 0 saturated heterocycles. The second-order valence-electron chi connectivity index (χ2n) is 7.60. The molecule has 1 aromatic heterocycles. The third-order valence-corrected chi connectivity index (χ3v) is 5.72. The van der Waals surface area contributed by atoms with Crippen LogP contribution in [0.1, 0.15) is 13.8 Å². The molecule has 1 aliphatic rings. The van der Waals surface area contributed by atoms with Crippen molar-refractivity contribution in [2.24, 2.45) is 0 Å². The second kappa shape index (κ2) is 10.1. The number of ether oxygens (including phenoxy) is 1. The summed E-state index contributed by atoms with van der Waals surface area (Å²) in [4.78, 5) is 13.6. The number of halogens is 1. The molecule has 13 heteroatoms. The van der Waals surface area contributed by atoms with Crippen molar-refractivity contribution in [1.29, 1.82) is 0 Å². The zero-order valence-electron chi connectivity index (χ0n) is 19.2. The first-order valence-corrected chi connectivity index (χ1v) is 12.7. The third-order valence-electron chi connectivity index (χ3n) is 5.42. The highest BCUT2D eigenvalue weighted by Gasteiger charge is 2.30. The highest BCUT2D eigenvalue weighted by molar-refractivity contribution is 7.85. The van der Waals surface area contributed by atoms with Crippen molar-refractivity contribution in [3.63, 3.8) is 0 Å². The van der Waals surface area contributed by atoms with E-state index in [1.54, 1.807) is 19.2 Å². The molecule has 0 spiro atoms. The van der Waals surface area contributed by atoms with Crippen LogP contribution in [-0.2, 0) is 16.7 Å². The van der Waals surface area contributed by atoms with E-state index < -0.39 is 10.1 Å². The van der Waals surface area contributed by atoms with E-state index in [2.05, 4.69) is 24.1 Å². The maximum absolute atomic E-state index is 11.6. The number of methoxy groups -OCH3 is 1. The molecule has 1 aliphatic heterocycles. The lowest BCUT2D eigenvalue weighted by Crippen LogP contribution is -2.27. The first kappa shape index (κ1) is 25.7. The zero-order chi connectivity index (χ0) is 25.2. The molecule has 2 aromatic carbocycles. The molecule has 11 nitrogen and oxygen atoms in total. The number of nitro groups is 1. The SMILES string of the molecule is CCN(CC)CCn1nc2c3c(c([N+](=O)[O-])ccc31)Nc1cc(Cl)c(OC)cc1-2.CS(=O)(=O)O. The largest absolute Gasteiger partial charge is 0.495 e. The summed E-state index contributed by atoms with van der Waals surface area (Å²) >= 11 is 6.29. The van der Waals surface area contributed by atoms with E-state index in [1.807, 2.05) is 10.7 Å². The predicted molar refractivity (Wildman–Crippen MR) is 132 cm³/mol. The first-order valence-electron chi connectivity index (χ1n) is 10.5. The monoisotopic (exact) mass is 511 g/mol. The van der Waals surface area contributed by atoms with Gasteiger partial charge in [0.25, 0.3) is 15.8 Å². The number of likely N-dealkylation sites (N-methyl/N-ethyl adjacent to an activating group) is 1. The summed E-state index contributed by atoms with van der Waals surface area (Å²) in [5.74, 6) is 0.534. The van der Waals surface area contributed by atoms with Crippen LogP contribution in [0.2, 0.25) is 5.02 Å². The third kappa shape index (κ3) is 5.41. The lowest BCUT2D eigenvalue weighted by Gasteiger charge is -2.19. The van der Waals surface area contributed by atoms with Crippen molar-refractivity contribution >= 4 is 49.7 Å². The van der Waals surface area contributed by atoms with Crippen molar-refractivity contribution in [1.82, 2.24) is 14.7 Å². The molecule has 3 aromatic rings. The number of nitrogens with one attached hydrogen (secondary N) is 1. The van der Waals surface area contributed by atoms with Crippen LogP contribution < -0.4 is 10.1 Å². The van der Waals surface area contributed by atoms with Crippen molar-refractivity contribution in [3.05, 3.63) is 39.4 Å². The van der Waals surface area contributed by atoms with Crippen LogP contribution >= 0.6 is 11.6 Å². The summed E-state index contributed by atoms with van der Waals surface area (Å²) in [5.41, 5.74) is 3.51. The number of fused-ring (bicyclic) bond motifs is 2. The summed E-state index contributed by atoms with van der Waals surface area (Å²) in [6.45, 7) is 7.71. The Kier molecular flexibility index (Phi) is 7.66. The van der Waals surface area contributed by atoms with Gasteiger partial charge in [-0.15, -0.1) is 0 Å². The Bertz CT molecular complexity index is 1330. The van der Waals surface area contributed by atoms with Gasteiger partial charge in [-0.05, 0) is 31.3 Å². The number of nitrogens with zero attached hydrogens (tertiary/aromatic N) is 4. The van der Waals surface area contributed by atoms with Crippen LogP contribution in [0, 0.1) is 10.1 Å². The highest BCUT2D eigenvalue weighted by atomic mass is 35.5. The maximum atomic E-state index is 11.6. The molecule has 0 saturated carbocycles. The van der Waals surface area contributed by atoms with Crippen molar-refractivity contribution in [2.75, 3.05) is 38.3 Å². The number of hydrogen-bond donors (Lipinski definition) is 2. The fourth-order valence-electron chi connectivity index (χ4n) is 3.82. The molecule has 2 N–H and O–H groups in total. The van der Waals surface area contributed by atoms with Crippen molar-refractivity contribution in [3.8, 4) is 17.0 Å². The van der Waals surface area contributed by atoms with Crippen LogP contribution in [0.5, 0.6) is 5.75 Å². The van der Waals surface area contributed by atoms with Gasteiger partial charge in [-0.3, -0.25) is 19.3 Å². The van der Waals surface area contributed by atoms with Crippen LogP contribution in [0.3, 0.4) is 0 Å². The molecule has 4 rings (SSSR count). The molecular weight excluding hydrogens is 486 g/mol. The molecular formula is C21H26ClN5O6S. The van der Waals surface area contributed by atoms with E-state index in [4.69, 9.17) is 26.0 Å². The summed E-state index contributed by atoms with van der Waals surface area (Å²) in [7, 11) is -2.11. The molecule has 0 bridgehead atoms. The van der Waals surface area contributed by atoms with Gasteiger partial charge in [-0.2, -0.15) is 13.5 Å². The van der Waals surface area contributed by atoms with Gasteiger partial charge in [-0.25, -0.2) is 0 Å². The van der Waals surface area contributed by atoms with Gasteiger partial charge in [0.15, 0.2) is 0 Å². The summed E-state index contributed by atoms with van der Waals surface area (Å²) in [6, 6.07) is 6.84. The van der Waals surface area contributed by atoms with E-state index in [9.17, 15) is 18.5 Å². The number of anilines is 2. The fraction of sp³-hybridized carbons (Fsp3) is 0.381. The van der Waals surface area contributed by atoms with E-state index in [0.29, 0.717) is 40.6 Å². The summed E-state index contributed by atoms with van der Waals surface area (Å²) < 4.78 is 33.2. The van der Waals surface area contributed by atoms with Gasteiger partial charge in [0.2, 0.25) is 0 Å². The van der Waals surface area contributed by atoms with E-state index in [-0.39, 0.29) is 10.6 Å².